The van der Waals surface area contributed by atoms with Gasteiger partial charge in [-0.05, 0) is 62.0 Å². The molecule has 2 aromatic rings. The van der Waals surface area contributed by atoms with E-state index >= 15 is 0 Å². The monoisotopic (exact) mass is 400 g/mol. The molecule has 2 aromatic carbocycles. The SMILES string of the molecule is COc1ccc([C@@H](CNC(=O)c2ccc(OCC(C)C)cc2)N(C)C)cc1OC. The van der Waals surface area contributed by atoms with Crippen LogP contribution < -0.4 is 19.5 Å². The van der Waals surface area contributed by atoms with Gasteiger partial charge in [0.1, 0.15) is 5.75 Å². The highest BCUT2D eigenvalue weighted by Gasteiger charge is 2.18. The Hall–Kier alpha value is -2.73. The van der Waals surface area contributed by atoms with Gasteiger partial charge < -0.3 is 24.4 Å². The van der Waals surface area contributed by atoms with E-state index in [0.29, 0.717) is 36.1 Å². The van der Waals surface area contributed by atoms with Crippen LogP contribution in [-0.4, -0.2) is 52.3 Å². The van der Waals surface area contributed by atoms with Crippen molar-refractivity contribution in [1.82, 2.24) is 10.2 Å². The summed E-state index contributed by atoms with van der Waals surface area (Å²) >= 11 is 0. The molecule has 1 N–H and O–H groups in total. The molecule has 158 valence electrons. The lowest BCUT2D eigenvalue weighted by Crippen LogP contribution is -2.34. The van der Waals surface area contributed by atoms with E-state index in [1.165, 1.54) is 0 Å². The number of nitrogens with zero attached hydrogens (tertiary/aromatic N) is 1. The standard InChI is InChI=1S/C23H32N2O4/c1-16(2)15-29-19-10-7-17(8-11-19)23(26)24-14-20(25(3)4)18-9-12-21(27-5)22(13-18)28-6/h7-13,16,20H,14-15H2,1-6H3,(H,24,26)/t20-/m1/s1. The molecule has 6 heteroatoms. The number of carbonyl (C=O) groups is 1. The van der Waals surface area contributed by atoms with Gasteiger partial charge in [0.05, 0.1) is 26.9 Å². The summed E-state index contributed by atoms with van der Waals surface area (Å²) in [7, 11) is 7.19. The molecule has 0 aliphatic rings. The van der Waals surface area contributed by atoms with Crippen molar-refractivity contribution in [3.63, 3.8) is 0 Å². The van der Waals surface area contributed by atoms with Crippen molar-refractivity contribution in [3.8, 4) is 17.2 Å². The van der Waals surface area contributed by atoms with Crippen LogP contribution in [0, 0.1) is 5.92 Å². The van der Waals surface area contributed by atoms with Crippen molar-refractivity contribution in [1.29, 1.82) is 0 Å². The van der Waals surface area contributed by atoms with Crippen molar-refractivity contribution < 1.29 is 19.0 Å². The number of nitrogens with one attached hydrogen (secondary N) is 1. The second-order valence-corrected chi connectivity index (χ2v) is 7.53. The largest absolute Gasteiger partial charge is 0.493 e. The Bertz CT molecular complexity index is 788. The lowest BCUT2D eigenvalue weighted by Gasteiger charge is -2.26. The van der Waals surface area contributed by atoms with Gasteiger partial charge in [0.15, 0.2) is 11.5 Å². The normalized spacial score (nSPS) is 12.0. The van der Waals surface area contributed by atoms with Gasteiger partial charge in [-0.2, -0.15) is 0 Å². The minimum atomic E-state index is -0.118. The first-order valence-corrected chi connectivity index (χ1v) is 9.75. The van der Waals surface area contributed by atoms with E-state index in [4.69, 9.17) is 14.2 Å². The van der Waals surface area contributed by atoms with Gasteiger partial charge in [-0.3, -0.25) is 4.79 Å². The number of carbonyl (C=O) groups excluding carboxylic acids is 1. The molecule has 2 rings (SSSR count). The quantitative estimate of drug-likeness (QED) is 0.658. The van der Waals surface area contributed by atoms with Gasteiger partial charge in [0.25, 0.3) is 5.91 Å². The van der Waals surface area contributed by atoms with Gasteiger partial charge in [-0.1, -0.05) is 19.9 Å². The van der Waals surface area contributed by atoms with Gasteiger partial charge >= 0.3 is 0 Å². The molecule has 1 amide bonds. The molecule has 6 nitrogen and oxygen atoms in total. The first-order chi connectivity index (χ1) is 13.8. The van der Waals surface area contributed by atoms with Crippen LogP contribution in [0.25, 0.3) is 0 Å². The molecule has 0 heterocycles. The van der Waals surface area contributed by atoms with Crippen LogP contribution in [0.5, 0.6) is 17.2 Å². The van der Waals surface area contributed by atoms with Crippen LogP contribution in [0.1, 0.15) is 35.8 Å². The highest BCUT2D eigenvalue weighted by molar-refractivity contribution is 5.94. The molecule has 0 saturated carbocycles. The zero-order chi connectivity index (χ0) is 21.4. The summed E-state index contributed by atoms with van der Waals surface area (Å²) in [5.74, 6) is 2.45. The molecule has 0 saturated heterocycles. The molecular formula is C23H32N2O4. The fraction of sp³-hybridized carbons (Fsp3) is 0.435. The minimum Gasteiger partial charge on any atom is -0.493 e. The third kappa shape index (κ3) is 6.39. The maximum absolute atomic E-state index is 12.6. The molecular weight excluding hydrogens is 368 g/mol. The Balaban J connectivity index is 2.04. The maximum atomic E-state index is 12.6. The number of hydrogen-bond acceptors (Lipinski definition) is 5. The minimum absolute atomic E-state index is 0.00703. The Morgan fingerprint density at radius 3 is 2.21 bits per heavy atom. The van der Waals surface area contributed by atoms with Gasteiger partial charge in [0.2, 0.25) is 0 Å². The maximum Gasteiger partial charge on any atom is 0.251 e. The number of rotatable bonds is 10. The predicted molar refractivity (Wildman–Crippen MR) is 115 cm³/mol. The number of amides is 1. The number of methoxy groups -OCH3 is 2. The van der Waals surface area contributed by atoms with E-state index in [1.807, 2.05) is 44.4 Å². The van der Waals surface area contributed by atoms with Gasteiger partial charge in [0, 0.05) is 12.1 Å². The van der Waals surface area contributed by atoms with Crippen LogP contribution >= 0.6 is 0 Å². The number of hydrogen-bond donors (Lipinski definition) is 1. The van der Waals surface area contributed by atoms with Gasteiger partial charge in [-0.25, -0.2) is 0 Å². The third-order valence-corrected chi connectivity index (χ3v) is 4.57. The third-order valence-electron chi connectivity index (χ3n) is 4.57. The topological polar surface area (TPSA) is 60.0 Å². The molecule has 0 aromatic heterocycles. The highest BCUT2D eigenvalue weighted by atomic mass is 16.5. The molecule has 0 fully saturated rings. The lowest BCUT2D eigenvalue weighted by atomic mass is 10.0. The fourth-order valence-electron chi connectivity index (χ4n) is 2.92. The average molecular weight is 401 g/mol. The summed E-state index contributed by atoms with van der Waals surface area (Å²) in [5.41, 5.74) is 1.64. The van der Waals surface area contributed by atoms with E-state index < -0.39 is 0 Å². The molecule has 0 radical (unpaired) electrons. The summed E-state index contributed by atoms with van der Waals surface area (Å²) in [6, 6.07) is 13.0. The second-order valence-electron chi connectivity index (χ2n) is 7.53. The highest BCUT2D eigenvalue weighted by Crippen LogP contribution is 2.31. The van der Waals surface area contributed by atoms with Crippen LogP contribution in [0.15, 0.2) is 42.5 Å². The first-order valence-electron chi connectivity index (χ1n) is 9.75. The Morgan fingerprint density at radius 2 is 1.66 bits per heavy atom. The van der Waals surface area contributed by atoms with Crippen molar-refractivity contribution in [2.45, 2.75) is 19.9 Å². The molecule has 1 atom stereocenters. The van der Waals surface area contributed by atoms with Crippen LogP contribution in [0.4, 0.5) is 0 Å². The van der Waals surface area contributed by atoms with Crippen molar-refractivity contribution in [3.05, 3.63) is 53.6 Å². The van der Waals surface area contributed by atoms with E-state index in [0.717, 1.165) is 11.3 Å². The van der Waals surface area contributed by atoms with Crippen molar-refractivity contribution >= 4 is 5.91 Å². The Labute approximate surface area is 173 Å². The smallest absolute Gasteiger partial charge is 0.251 e. The van der Waals surface area contributed by atoms with Crippen LogP contribution in [-0.2, 0) is 0 Å². The molecule has 29 heavy (non-hydrogen) atoms. The summed E-state index contributed by atoms with van der Waals surface area (Å²) in [6.45, 7) is 5.32. The molecule has 0 unspecified atom stereocenters. The average Bonchev–Trinajstić information content (AvgIpc) is 2.72. The van der Waals surface area contributed by atoms with E-state index in [1.54, 1.807) is 26.4 Å². The van der Waals surface area contributed by atoms with Gasteiger partial charge in [-0.15, -0.1) is 0 Å². The van der Waals surface area contributed by atoms with Crippen molar-refractivity contribution in [2.24, 2.45) is 5.92 Å². The number of benzene rings is 2. The van der Waals surface area contributed by atoms with Crippen molar-refractivity contribution in [2.75, 3.05) is 41.5 Å². The molecule has 0 aliphatic carbocycles. The Kier molecular flexibility index (Phi) is 8.34. The Morgan fingerprint density at radius 1 is 1.00 bits per heavy atom. The molecule has 0 spiro atoms. The van der Waals surface area contributed by atoms with Crippen LogP contribution in [0.3, 0.4) is 0 Å². The molecule has 0 aliphatic heterocycles. The summed E-state index contributed by atoms with van der Waals surface area (Å²) in [5, 5.41) is 3.02. The summed E-state index contributed by atoms with van der Waals surface area (Å²) in [4.78, 5) is 14.6. The second kappa shape index (κ2) is 10.7. The zero-order valence-corrected chi connectivity index (χ0v) is 18.2. The lowest BCUT2D eigenvalue weighted by molar-refractivity contribution is 0.0942. The predicted octanol–water partition coefficient (Wildman–Crippen LogP) is 3.77. The molecule has 0 bridgehead atoms. The zero-order valence-electron chi connectivity index (χ0n) is 18.2. The fourth-order valence-corrected chi connectivity index (χ4v) is 2.92. The summed E-state index contributed by atoms with van der Waals surface area (Å²) < 4.78 is 16.4. The van der Waals surface area contributed by atoms with Crippen LogP contribution in [0.2, 0.25) is 0 Å². The first kappa shape index (κ1) is 22.6. The van der Waals surface area contributed by atoms with E-state index in [2.05, 4.69) is 24.1 Å². The number of likely N-dealkylation sites (N-methyl/N-ethyl adjacent to an activating group) is 1. The van der Waals surface area contributed by atoms with E-state index in [-0.39, 0.29) is 11.9 Å². The summed E-state index contributed by atoms with van der Waals surface area (Å²) in [6.07, 6.45) is 0. The van der Waals surface area contributed by atoms with E-state index in [9.17, 15) is 4.79 Å². The number of ether oxygens (including phenoxy) is 3.